The normalized spacial score (nSPS) is 12.5. The van der Waals surface area contributed by atoms with E-state index in [0.29, 0.717) is 44.5 Å². The third-order valence-corrected chi connectivity index (χ3v) is 5.80. The van der Waals surface area contributed by atoms with Crippen molar-refractivity contribution in [2.75, 3.05) is 0 Å². The number of carboxylic acid groups (broad SMARTS) is 1. The molecule has 8 nitrogen and oxygen atoms in total. The lowest BCUT2D eigenvalue weighted by Crippen LogP contribution is -2.21. The van der Waals surface area contributed by atoms with Crippen molar-refractivity contribution < 1.29 is 19.7 Å². The number of fused-ring (bicyclic) bond motifs is 1. The van der Waals surface area contributed by atoms with E-state index in [1.165, 1.54) is 10.6 Å². The smallest absolute Gasteiger partial charge is 0.303 e. The van der Waals surface area contributed by atoms with Gasteiger partial charge in [0.2, 0.25) is 0 Å². The molecule has 0 fully saturated rings. The molecule has 170 valence electrons. The predicted molar refractivity (Wildman–Crippen MR) is 127 cm³/mol. The Bertz CT molecular complexity index is 1360. The van der Waals surface area contributed by atoms with Crippen LogP contribution in [0.15, 0.2) is 57.1 Å². The molecule has 0 aliphatic carbocycles. The summed E-state index contributed by atoms with van der Waals surface area (Å²) < 4.78 is 8.14. The maximum Gasteiger partial charge on any atom is 0.303 e. The van der Waals surface area contributed by atoms with Gasteiger partial charge in [-0.1, -0.05) is 13.3 Å². The van der Waals surface area contributed by atoms with E-state index in [0.717, 1.165) is 12.1 Å². The van der Waals surface area contributed by atoms with Gasteiger partial charge >= 0.3 is 5.97 Å². The summed E-state index contributed by atoms with van der Waals surface area (Å²) in [6, 6.07) is 5.42. The highest BCUT2D eigenvalue weighted by Gasteiger charge is 2.18. The summed E-state index contributed by atoms with van der Waals surface area (Å²) in [7, 11) is 0. The first-order valence-corrected chi connectivity index (χ1v) is 11.3. The number of allylic oxidation sites excluding steroid dienone is 1. The molecule has 9 heteroatoms. The zero-order valence-electron chi connectivity index (χ0n) is 17.9. The van der Waals surface area contributed by atoms with Crippen LogP contribution in [0, 0.1) is 0 Å². The zero-order valence-corrected chi connectivity index (χ0v) is 19.5. The Balaban J connectivity index is 1.66. The summed E-state index contributed by atoms with van der Waals surface area (Å²) in [5.74, 6) is -0.255. The Morgan fingerprint density at radius 2 is 2.03 bits per heavy atom. The topological polar surface area (TPSA) is 113 Å². The predicted octanol–water partition coefficient (Wildman–Crippen LogP) is 4.03. The van der Waals surface area contributed by atoms with E-state index in [1.807, 2.05) is 25.1 Å². The molecule has 0 saturated carbocycles. The van der Waals surface area contributed by atoms with Gasteiger partial charge < -0.3 is 14.9 Å². The molecule has 1 aliphatic heterocycles. The van der Waals surface area contributed by atoms with E-state index in [4.69, 9.17) is 9.84 Å². The van der Waals surface area contributed by atoms with Crippen molar-refractivity contribution in [2.24, 2.45) is 4.99 Å². The Labute approximate surface area is 198 Å². The molecule has 1 aromatic carbocycles. The van der Waals surface area contributed by atoms with Gasteiger partial charge in [0.15, 0.2) is 0 Å². The molecule has 0 atom stereocenters. The van der Waals surface area contributed by atoms with Crippen LogP contribution < -0.4 is 10.3 Å². The fourth-order valence-corrected chi connectivity index (χ4v) is 4.17. The van der Waals surface area contributed by atoms with Crippen LogP contribution in [-0.2, 0) is 24.2 Å². The van der Waals surface area contributed by atoms with Gasteiger partial charge in [-0.05, 0) is 53.0 Å². The number of phenolic OH excluding ortho intramolecular Hbond substituents is 1. The Morgan fingerprint density at radius 3 is 2.70 bits per heavy atom. The number of hydrogen-bond donors (Lipinski definition) is 2. The molecule has 3 heterocycles. The van der Waals surface area contributed by atoms with Crippen LogP contribution in [0.4, 0.5) is 0 Å². The quantitative estimate of drug-likeness (QED) is 0.448. The number of carboxylic acids is 1. The highest BCUT2D eigenvalue weighted by atomic mass is 79.9. The average molecular weight is 512 g/mol. The van der Waals surface area contributed by atoms with Gasteiger partial charge in [0.05, 0.1) is 5.71 Å². The minimum absolute atomic E-state index is 0.106. The summed E-state index contributed by atoms with van der Waals surface area (Å²) in [5, 5.41) is 19.7. The second-order valence-corrected chi connectivity index (χ2v) is 8.58. The summed E-state index contributed by atoms with van der Waals surface area (Å²) in [5.41, 5.74) is 3.22. The molecule has 33 heavy (non-hydrogen) atoms. The molecule has 0 spiro atoms. The third-order valence-electron chi connectivity index (χ3n) is 5.37. The number of aromatic nitrogens is 2. The van der Waals surface area contributed by atoms with Gasteiger partial charge in [0.25, 0.3) is 5.56 Å². The number of hydrogen-bond acceptors (Lipinski definition) is 6. The number of pyridine rings is 1. The largest absolute Gasteiger partial charge is 0.507 e. The molecule has 2 N–H and O–H groups in total. The van der Waals surface area contributed by atoms with Crippen molar-refractivity contribution in [1.29, 1.82) is 0 Å². The van der Waals surface area contributed by atoms with Gasteiger partial charge in [-0.25, -0.2) is 4.98 Å². The van der Waals surface area contributed by atoms with Crippen LogP contribution in [0.3, 0.4) is 0 Å². The molecule has 0 unspecified atom stereocenters. The molecule has 2 aromatic heterocycles. The number of aliphatic imine (C=N–C) groups is 1. The number of aryl methyl sites for hydroxylation is 1. The fourth-order valence-electron chi connectivity index (χ4n) is 3.69. The molecule has 0 saturated heterocycles. The Hall–Kier alpha value is -3.46. The lowest BCUT2D eigenvalue weighted by atomic mass is 9.99. The first kappa shape index (κ1) is 22.7. The van der Waals surface area contributed by atoms with Crippen LogP contribution in [0.2, 0.25) is 0 Å². The number of phenols is 1. The summed E-state index contributed by atoms with van der Waals surface area (Å²) >= 11 is 3.42. The first-order valence-electron chi connectivity index (χ1n) is 10.5. The maximum absolute atomic E-state index is 12.9. The van der Waals surface area contributed by atoms with E-state index in [2.05, 4.69) is 25.9 Å². The number of aromatic hydroxyl groups is 1. The van der Waals surface area contributed by atoms with Gasteiger partial charge in [0.1, 0.15) is 23.8 Å². The zero-order chi connectivity index (χ0) is 23.5. The van der Waals surface area contributed by atoms with Crippen molar-refractivity contribution in [2.45, 2.75) is 39.2 Å². The van der Waals surface area contributed by atoms with E-state index in [1.54, 1.807) is 18.5 Å². The van der Waals surface area contributed by atoms with Crippen molar-refractivity contribution in [3.05, 3.63) is 79.9 Å². The average Bonchev–Trinajstić information content (AvgIpc) is 2.74. The monoisotopic (exact) mass is 511 g/mol. The van der Waals surface area contributed by atoms with Crippen LogP contribution >= 0.6 is 15.9 Å². The second kappa shape index (κ2) is 9.58. The molecule has 0 radical (unpaired) electrons. The highest BCUT2D eigenvalue weighted by Crippen LogP contribution is 2.34. The lowest BCUT2D eigenvalue weighted by Gasteiger charge is -2.17. The summed E-state index contributed by atoms with van der Waals surface area (Å²) in [4.78, 5) is 32.3. The molecule has 3 aromatic rings. The van der Waals surface area contributed by atoms with Crippen molar-refractivity contribution in [3.63, 3.8) is 0 Å². The van der Waals surface area contributed by atoms with Crippen molar-refractivity contribution >= 4 is 33.3 Å². The number of carbonyl (C=O) groups is 1. The van der Waals surface area contributed by atoms with Gasteiger partial charge in [-0.15, -0.1) is 0 Å². The fraction of sp³-hybridized carbons (Fsp3) is 0.250. The van der Waals surface area contributed by atoms with Crippen LogP contribution in [0.1, 0.15) is 42.0 Å². The molecular formula is C24H22BrN3O5. The number of halogens is 1. The SMILES string of the molecule is CCCc1c(OCc2cc(Br)cn3c(=O)c(CCC(=O)O)cnc23)ccc(C2=NC=C2)c1O. The standard InChI is InChI=1S/C24H22BrN3O5/c1-2-3-18-20(6-5-17(22(18)31)19-8-9-26-19)33-13-15-10-16(25)12-28-23(15)27-11-14(24(28)32)4-7-21(29)30/h5-6,8-12,31H,2-4,7,13H2,1H3,(H,29,30). The minimum atomic E-state index is -0.972. The van der Waals surface area contributed by atoms with E-state index < -0.39 is 5.97 Å². The van der Waals surface area contributed by atoms with Crippen LogP contribution in [-0.4, -0.2) is 31.3 Å². The van der Waals surface area contributed by atoms with Crippen LogP contribution in [0.5, 0.6) is 11.5 Å². The number of rotatable bonds is 9. The maximum atomic E-state index is 12.9. The van der Waals surface area contributed by atoms with Gasteiger partial charge in [-0.3, -0.25) is 19.0 Å². The Morgan fingerprint density at radius 1 is 1.24 bits per heavy atom. The van der Waals surface area contributed by atoms with E-state index >= 15 is 0 Å². The van der Waals surface area contributed by atoms with E-state index in [9.17, 15) is 14.7 Å². The molecule has 0 bridgehead atoms. The van der Waals surface area contributed by atoms with Crippen molar-refractivity contribution in [3.8, 4) is 11.5 Å². The van der Waals surface area contributed by atoms with E-state index in [-0.39, 0.29) is 30.8 Å². The third kappa shape index (κ3) is 4.68. The summed E-state index contributed by atoms with van der Waals surface area (Å²) in [6.07, 6.45) is 7.97. The number of aliphatic carboxylic acids is 1. The second-order valence-electron chi connectivity index (χ2n) is 7.67. The molecule has 0 amide bonds. The summed E-state index contributed by atoms with van der Waals surface area (Å²) in [6.45, 7) is 2.15. The number of ether oxygens (including phenoxy) is 1. The number of nitrogens with zero attached hydrogens (tertiary/aromatic N) is 3. The van der Waals surface area contributed by atoms with Crippen molar-refractivity contribution in [1.82, 2.24) is 9.38 Å². The first-order chi connectivity index (χ1) is 15.9. The van der Waals surface area contributed by atoms with Gasteiger partial charge in [0, 0.05) is 51.7 Å². The Kier molecular flexibility index (Phi) is 6.60. The minimum Gasteiger partial charge on any atom is -0.507 e. The molecular weight excluding hydrogens is 490 g/mol. The number of benzene rings is 1. The molecule has 4 rings (SSSR count). The lowest BCUT2D eigenvalue weighted by molar-refractivity contribution is -0.136. The molecule has 1 aliphatic rings. The highest BCUT2D eigenvalue weighted by molar-refractivity contribution is 9.10. The van der Waals surface area contributed by atoms with Gasteiger partial charge in [-0.2, -0.15) is 0 Å². The van der Waals surface area contributed by atoms with Crippen LogP contribution in [0.25, 0.3) is 5.65 Å².